The van der Waals surface area contributed by atoms with Crippen LogP contribution in [0.1, 0.15) is 33.8 Å². The summed E-state index contributed by atoms with van der Waals surface area (Å²) in [5.74, 6) is -0.302. The maximum atomic E-state index is 12.9. The molecule has 1 unspecified atom stereocenters. The van der Waals surface area contributed by atoms with Gasteiger partial charge in [-0.1, -0.05) is 42.5 Å². The van der Waals surface area contributed by atoms with Gasteiger partial charge in [0.05, 0.1) is 16.5 Å². The fourth-order valence-corrected chi connectivity index (χ4v) is 3.48. The summed E-state index contributed by atoms with van der Waals surface area (Å²) < 4.78 is 38.6. The summed E-state index contributed by atoms with van der Waals surface area (Å²) in [6, 6.07) is 15.8. The van der Waals surface area contributed by atoms with Gasteiger partial charge in [0.25, 0.3) is 5.91 Å². The first-order chi connectivity index (χ1) is 12.4. The monoisotopic (exact) mass is 375 g/mol. The SMILES string of the molecule is CC(NC(=O)c1sccc1-c1ccccc1)c1cccc(C(F)(F)F)c1. The molecule has 0 bridgehead atoms. The van der Waals surface area contributed by atoms with Gasteiger partial charge in [-0.2, -0.15) is 13.2 Å². The molecule has 6 heteroatoms. The fraction of sp³-hybridized carbons (Fsp3) is 0.150. The van der Waals surface area contributed by atoms with Crippen molar-refractivity contribution >= 4 is 17.2 Å². The van der Waals surface area contributed by atoms with E-state index in [1.54, 1.807) is 13.0 Å². The van der Waals surface area contributed by atoms with Crippen LogP contribution in [0, 0.1) is 0 Å². The van der Waals surface area contributed by atoms with Crippen LogP contribution in [-0.4, -0.2) is 5.91 Å². The average Bonchev–Trinajstić information content (AvgIpc) is 3.12. The molecule has 0 saturated heterocycles. The molecule has 26 heavy (non-hydrogen) atoms. The second kappa shape index (κ2) is 7.33. The molecular weight excluding hydrogens is 359 g/mol. The summed E-state index contributed by atoms with van der Waals surface area (Å²) in [6.45, 7) is 1.67. The molecular formula is C20H16F3NOS. The Morgan fingerprint density at radius 2 is 1.77 bits per heavy atom. The maximum Gasteiger partial charge on any atom is 0.416 e. The average molecular weight is 375 g/mol. The van der Waals surface area contributed by atoms with Crippen molar-refractivity contribution in [3.05, 3.63) is 82.0 Å². The molecule has 1 amide bonds. The molecule has 1 aromatic heterocycles. The molecule has 1 atom stereocenters. The van der Waals surface area contributed by atoms with Crippen LogP contribution in [0.25, 0.3) is 11.1 Å². The molecule has 0 aliphatic carbocycles. The van der Waals surface area contributed by atoms with E-state index >= 15 is 0 Å². The zero-order chi connectivity index (χ0) is 18.7. The van der Waals surface area contributed by atoms with E-state index in [4.69, 9.17) is 0 Å². The molecule has 2 aromatic carbocycles. The van der Waals surface area contributed by atoms with Crippen LogP contribution in [0.3, 0.4) is 0 Å². The van der Waals surface area contributed by atoms with E-state index in [1.807, 2.05) is 41.8 Å². The Balaban J connectivity index is 1.80. The minimum atomic E-state index is -4.41. The maximum absolute atomic E-state index is 12.9. The van der Waals surface area contributed by atoms with Gasteiger partial charge < -0.3 is 5.32 Å². The highest BCUT2D eigenvalue weighted by atomic mass is 32.1. The molecule has 2 nitrogen and oxygen atoms in total. The fourth-order valence-electron chi connectivity index (χ4n) is 2.66. The van der Waals surface area contributed by atoms with E-state index in [2.05, 4.69) is 5.32 Å². The standard InChI is InChI=1S/C20H16F3NOS/c1-13(15-8-5-9-16(12-15)20(21,22)23)24-19(25)18-17(10-11-26-18)14-6-3-2-4-7-14/h2-13H,1H3,(H,24,25). The van der Waals surface area contributed by atoms with Gasteiger partial charge in [0, 0.05) is 5.56 Å². The highest BCUT2D eigenvalue weighted by Gasteiger charge is 2.30. The smallest absolute Gasteiger partial charge is 0.345 e. The van der Waals surface area contributed by atoms with Crippen molar-refractivity contribution in [1.82, 2.24) is 5.32 Å². The third kappa shape index (κ3) is 3.96. The molecule has 0 radical (unpaired) electrons. The molecule has 1 heterocycles. The van der Waals surface area contributed by atoms with Crippen LogP contribution in [0.15, 0.2) is 66.0 Å². The summed E-state index contributed by atoms with van der Waals surface area (Å²) in [7, 11) is 0. The van der Waals surface area contributed by atoms with E-state index in [0.29, 0.717) is 10.4 Å². The third-order valence-electron chi connectivity index (χ3n) is 4.02. The summed E-state index contributed by atoms with van der Waals surface area (Å²) in [6.07, 6.45) is -4.41. The lowest BCUT2D eigenvalue weighted by atomic mass is 10.0. The predicted octanol–water partition coefficient (Wildman–Crippen LogP) is 5.92. The molecule has 0 saturated carbocycles. The lowest BCUT2D eigenvalue weighted by Crippen LogP contribution is -2.26. The first-order valence-electron chi connectivity index (χ1n) is 7.97. The van der Waals surface area contributed by atoms with Crippen molar-refractivity contribution < 1.29 is 18.0 Å². The lowest BCUT2D eigenvalue weighted by Gasteiger charge is -2.16. The van der Waals surface area contributed by atoms with Crippen molar-refractivity contribution in [3.63, 3.8) is 0 Å². The number of rotatable bonds is 4. The Labute approximate surface area is 153 Å². The molecule has 1 N–H and O–H groups in total. The van der Waals surface area contributed by atoms with Crippen LogP contribution in [0.5, 0.6) is 0 Å². The lowest BCUT2D eigenvalue weighted by molar-refractivity contribution is -0.137. The topological polar surface area (TPSA) is 29.1 Å². The number of carbonyl (C=O) groups excluding carboxylic acids is 1. The van der Waals surface area contributed by atoms with Gasteiger partial charge in [0.15, 0.2) is 0 Å². The van der Waals surface area contributed by atoms with Crippen LogP contribution in [-0.2, 0) is 6.18 Å². The normalized spacial score (nSPS) is 12.6. The first-order valence-corrected chi connectivity index (χ1v) is 8.85. The van der Waals surface area contributed by atoms with Gasteiger partial charge >= 0.3 is 6.18 Å². The van der Waals surface area contributed by atoms with Gasteiger partial charge in [-0.05, 0) is 41.6 Å². The second-order valence-corrected chi connectivity index (χ2v) is 6.76. The van der Waals surface area contributed by atoms with Crippen molar-refractivity contribution in [2.24, 2.45) is 0 Å². The number of alkyl halides is 3. The summed E-state index contributed by atoms with van der Waals surface area (Å²) in [5.41, 5.74) is 1.41. The Morgan fingerprint density at radius 3 is 2.46 bits per heavy atom. The van der Waals surface area contributed by atoms with E-state index < -0.39 is 17.8 Å². The largest absolute Gasteiger partial charge is 0.416 e. The number of hydrogen-bond acceptors (Lipinski definition) is 2. The molecule has 0 fully saturated rings. The molecule has 3 aromatic rings. The van der Waals surface area contributed by atoms with Crippen LogP contribution < -0.4 is 5.32 Å². The highest BCUT2D eigenvalue weighted by molar-refractivity contribution is 7.12. The Morgan fingerprint density at radius 1 is 1.04 bits per heavy atom. The van der Waals surface area contributed by atoms with Gasteiger partial charge in [0.2, 0.25) is 0 Å². The van der Waals surface area contributed by atoms with Crippen molar-refractivity contribution in [1.29, 1.82) is 0 Å². The van der Waals surface area contributed by atoms with Gasteiger partial charge in [0.1, 0.15) is 0 Å². The third-order valence-corrected chi connectivity index (χ3v) is 4.93. The van der Waals surface area contributed by atoms with Crippen LogP contribution in [0.2, 0.25) is 0 Å². The number of amides is 1. The molecule has 0 aliphatic heterocycles. The minimum Gasteiger partial charge on any atom is -0.345 e. The van der Waals surface area contributed by atoms with Crippen molar-refractivity contribution in [2.45, 2.75) is 19.1 Å². The quantitative estimate of drug-likeness (QED) is 0.602. The molecule has 134 valence electrons. The number of halogens is 3. The summed E-state index contributed by atoms with van der Waals surface area (Å²) >= 11 is 1.31. The zero-order valence-corrected chi connectivity index (χ0v) is 14.7. The van der Waals surface area contributed by atoms with Crippen molar-refractivity contribution in [3.8, 4) is 11.1 Å². The Kier molecular flexibility index (Phi) is 5.13. The van der Waals surface area contributed by atoms with E-state index in [0.717, 1.165) is 23.3 Å². The molecule has 0 aliphatic rings. The second-order valence-electron chi connectivity index (χ2n) is 5.85. The van der Waals surface area contributed by atoms with Gasteiger partial charge in [-0.3, -0.25) is 4.79 Å². The molecule has 0 spiro atoms. The van der Waals surface area contributed by atoms with Gasteiger partial charge in [-0.15, -0.1) is 11.3 Å². The summed E-state index contributed by atoms with van der Waals surface area (Å²) in [5, 5.41) is 4.62. The van der Waals surface area contributed by atoms with Crippen molar-refractivity contribution in [2.75, 3.05) is 0 Å². The molecule has 3 rings (SSSR count). The first kappa shape index (κ1) is 18.2. The highest BCUT2D eigenvalue weighted by Crippen LogP contribution is 2.31. The summed E-state index contributed by atoms with van der Waals surface area (Å²) in [4.78, 5) is 13.2. The zero-order valence-electron chi connectivity index (χ0n) is 13.9. The number of thiophene rings is 1. The van der Waals surface area contributed by atoms with E-state index in [9.17, 15) is 18.0 Å². The Hall–Kier alpha value is -2.60. The number of hydrogen-bond donors (Lipinski definition) is 1. The van der Waals surface area contributed by atoms with E-state index in [1.165, 1.54) is 17.4 Å². The Bertz CT molecular complexity index is 903. The number of nitrogens with one attached hydrogen (secondary N) is 1. The number of benzene rings is 2. The van der Waals surface area contributed by atoms with Crippen LogP contribution in [0.4, 0.5) is 13.2 Å². The van der Waals surface area contributed by atoms with Crippen LogP contribution >= 0.6 is 11.3 Å². The van der Waals surface area contributed by atoms with E-state index in [-0.39, 0.29) is 5.91 Å². The predicted molar refractivity (Wildman–Crippen MR) is 97.1 cm³/mol. The van der Waals surface area contributed by atoms with Gasteiger partial charge in [-0.25, -0.2) is 0 Å². The number of carbonyl (C=O) groups is 1. The minimum absolute atomic E-state index is 0.302.